The van der Waals surface area contributed by atoms with E-state index in [4.69, 9.17) is 0 Å². The molecule has 1 aromatic carbocycles. The number of benzene rings is 1. The van der Waals surface area contributed by atoms with Crippen LogP contribution in [0.5, 0.6) is 0 Å². The van der Waals surface area contributed by atoms with Gasteiger partial charge in [-0.1, -0.05) is 32.0 Å². The smallest absolute Gasteiger partial charge is 0.267 e. The van der Waals surface area contributed by atoms with E-state index in [-0.39, 0.29) is 29.5 Å². The van der Waals surface area contributed by atoms with Crippen molar-refractivity contribution in [1.82, 2.24) is 19.1 Å². The minimum Gasteiger partial charge on any atom is -0.368 e. The highest BCUT2D eigenvalue weighted by atomic mass is 32.2. The normalized spacial score (nSPS) is 14.5. The summed E-state index contributed by atoms with van der Waals surface area (Å²) in [6.07, 6.45) is 1.64. The summed E-state index contributed by atoms with van der Waals surface area (Å²) in [6, 6.07) is 11.5. The van der Waals surface area contributed by atoms with Gasteiger partial charge in [-0.2, -0.15) is 4.31 Å². The van der Waals surface area contributed by atoms with Gasteiger partial charge >= 0.3 is 0 Å². The minimum absolute atomic E-state index is 0.000284. The predicted octanol–water partition coefficient (Wildman–Crippen LogP) is 1.52. The van der Waals surface area contributed by atoms with Crippen LogP contribution in [0.2, 0.25) is 0 Å². The standard InChI is InChI=1S/C23H33N5O4S/c1-4-28(5-2)33(31,32)20-17-21(25(3)18-20)23(30)24-12-11-22(29)27-15-13-26(14-16-27)19-9-7-6-8-10-19/h6-10,17-18H,4-5,11-16H2,1-3H3,(H,24,30). The van der Waals surface area contributed by atoms with Crippen LogP contribution in [0.4, 0.5) is 5.69 Å². The van der Waals surface area contributed by atoms with Crippen LogP contribution >= 0.6 is 0 Å². The first-order valence-electron chi connectivity index (χ1n) is 11.3. The van der Waals surface area contributed by atoms with E-state index in [1.807, 2.05) is 23.1 Å². The molecule has 180 valence electrons. The van der Waals surface area contributed by atoms with Crippen molar-refractivity contribution >= 4 is 27.5 Å². The van der Waals surface area contributed by atoms with Crippen molar-refractivity contribution in [2.45, 2.75) is 25.2 Å². The maximum atomic E-state index is 12.7. The Kier molecular flexibility index (Phi) is 8.15. The molecule has 10 heteroatoms. The lowest BCUT2D eigenvalue weighted by molar-refractivity contribution is -0.131. The third-order valence-corrected chi connectivity index (χ3v) is 7.95. The number of nitrogens with one attached hydrogen (secondary N) is 1. The summed E-state index contributed by atoms with van der Waals surface area (Å²) in [5.41, 5.74) is 1.39. The number of sulfonamides is 1. The summed E-state index contributed by atoms with van der Waals surface area (Å²) in [5, 5.41) is 2.74. The molecule has 9 nitrogen and oxygen atoms in total. The number of para-hydroxylation sites is 1. The molecule has 0 aliphatic carbocycles. The largest absolute Gasteiger partial charge is 0.368 e. The zero-order valence-electron chi connectivity index (χ0n) is 19.5. The number of piperazine rings is 1. The Morgan fingerprint density at radius 1 is 1.03 bits per heavy atom. The SMILES string of the molecule is CCN(CC)S(=O)(=O)c1cc(C(=O)NCCC(=O)N2CCN(c3ccccc3)CC2)n(C)c1. The second kappa shape index (κ2) is 10.8. The van der Waals surface area contributed by atoms with Gasteiger partial charge in [0.25, 0.3) is 5.91 Å². The summed E-state index contributed by atoms with van der Waals surface area (Å²) in [6.45, 7) is 7.29. The molecule has 2 heterocycles. The van der Waals surface area contributed by atoms with Gasteiger partial charge in [-0.05, 0) is 18.2 Å². The summed E-state index contributed by atoms with van der Waals surface area (Å²) in [5.74, 6) is -0.403. The third kappa shape index (κ3) is 5.75. The van der Waals surface area contributed by atoms with Gasteiger partial charge in [0.05, 0.1) is 0 Å². The van der Waals surface area contributed by atoms with Crippen LogP contribution < -0.4 is 10.2 Å². The number of hydrogen-bond donors (Lipinski definition) is 1. The average molecular weight is 476 g/mol. The molecule has 0 radical (unpaired) electrons. The van der Waals surface area contributed by atoms with Crippen molar-refractivity contribution in [2.75, 3.05) is 50.7 Å². The molecule has 2 amide bonds. The van der Waals surface area contributed by atoms with Gasteiger partial charge in [-0.3, -0.25) is 9.59 Å². The van der Waals surface area contributed by atoms with Gasteiger partial charge in [0.15, 0.2) is 0 Å². The molecule has 1 aliphatic rings. The monoisotopic (exact) mass is 475 g/mol. The van der Waals surface area contributed by atoms with Crippen LogP contribution in [0.15, 0.2) is 47.5 Å². The Labute approximate surface area is 196 Å². The van der Waals surface area contributed by atoms with E-state index in [2.05, 4.69) is 22.3 Å². The summed E-state index contributed by atoms with van der Waals surface area (Å²) in [7, 11) is -2.01. The van der Waals surface area contributed by atoms with Gasteiger partial charge in [-0.25, -0.2) is 8.42 Å². The first kappa shape index (κ1) is 24.8. The summed E-state index contributed by atoms with van der Waals surface area (Å²) >= 11 is 0. The summed E-state index contributed by atoms with van der Waals surface area (Å²) in [4.78, 5) is 29.3. The molecule has 0 bridgehead atoms. The number of aromatic nitrogens is 1. The van der Waals surface area contributed by atoms with Crippen LogP contribution in [-0.2, 0) is 21.9 Å². The number of hydrogen-bond acceptors (Lipinski definition) is 5. The Morgan fingerprint density at radius 2 is 1.67 bits per heavy atom. The van der Waals surface area contributed by atoms with Crippen molar-refractivity contribution in [3.8, 4) is 0 Å². The molecule has 1 fully saturated rings. The lowest BCUT2D eigenvalue weighted by Gasteiger charge is -2.36. The number of aryl methyl sites for hydroxylation is 1. The lowest BCUT2D eigenvalue weighted by Crippen LogP contribution is -2.49. The number of carbonyl (C=O) groups is 2. The fourth-order valence-corrected chi connectivity index (χ4v) is 5.53. The molecule has 1 aliphatic heterocycles. The molecule has 33 heavy (non-hydrogen) atoms. The van der Waals surface area contributed by atoms with Crippen molar-refractivity contribution in [1.29, 1.82) is 0 Å². The molecular formula is C23H33N5O4S. The van der Waals surface area contributed by atoms with Crippen LogP contribution in [0.3, 0.4) is 0 Å². The first-order valence-corrected chi connectivity index (χ1v) is 12.7. The van der Waals surface area contributed by atoms with E-state index in [1.165, 1.54) is 21.1 Å². The Morgan fingerprint density at radius 3 is 2.27 bits per heavy atom. The Hall–Kier alpha value is -2.85. The van der Waals surface area contributed by atoms with Crippen LogP contribution in [-0.4, -0.2) is 79.8 Å². The lowest BCUT2D eigenvalue weighted by atomic mass is 10.2. The maximum absolute atomic E-state index is 12.7. The van der Waals surface area contributed by atoms with Crippen molar-refractivity contribution in [3.63, 3.8) is 0 Å². The second-order valence-electron chi connectivity index (χ2n) is 7.97. The van der Waals surface area contributed by atoms with E-state index in [1.54, 1.807) is 20.9 Å². The first-order chi connectivity index (χ1) is 15.8. The minimum atomic E-state index is -3.64. The van der Waals surface area contributed by atoms with Crippen LogP contribution in [0, 0.1) is 0 Å². The molecule has 1 aromatic heterocycles. The third-order valence-electron chi connectivity index (χ3n) is 5.93. The van der Waals surface area contributed by atoms with Crippen molar-refractivity contribution < 1.29 is 18.0 Å². The number of anilines is 1. The van der Waals surface area contributed by atoms with Gasteiger partial charge < -0.3 is 19.7 Å². The van der Waals surface area contributed by atoms with E-state index in [0.717, 1.165) is 18.8 Å². The number of rotatable bonds is 9. The highest BCUT2D eigenvalue weighted by Crippen LogP contribution is 2.19. The predicted molar refractivity (Wildman–Crippen MR) is 128 cm³/mol. The van der Waals surface area contributed by atoms with E-state index < -0.39 is 15.9 Å². The second-order valence-corrected chi connectivity index (χ2v) is 9.91. The van der Waals surface area contributed by atoms with Crippen LogP contribution in [0.25, 0.3) is 0 Å². The van der Waals surface area contributed by atoms with E-state index in [9.17, 15) is 18.0 Å². The van der Waals surface area contributed by atoms with E-state index in [0.29, 0.717) is 26.2 Å². The van der Waals surface area contributed by atoms with Crippen molar-refractivity contribution in [2.24, 2.45) is 7.05 Å². The molecule has 0 saturated carbocycles. The van der Waals surface area contributed by atoms with Gasteiger partial charge in [-0.15, -0.1) is 0 Å². The van der Waals surface area contributed by atoms with Gasteiger partial charge in [0.2, 0.25) is 15.9 Å². The average Bonchev–Trinajstić information content (AvgIpc) is 3.23. The molecule has 3 rings (SSSR count). The molecular weight excluding hydrogens is 442 g/mol. The molecule has 1 saturated heterocycles. The number of carbonyl (C=O) groups excluding carboxylic acids is 2. The van der Waals surface area contributed by atoms with Gasteiger partial charge in [0, 0.05) is 71.2 Å². The van der Waals surface area contributed by atoms with E-state index >= 15 is 0 Å². The highest BCUT2D eigenvalue weighted by Gasteiger charge is 2.26. The summed E-state index contributed by atoms with van der Waals surface area (Å²) < 4.78 is 28.2. The van der Waals surface area contributed by atoms with Crippen LogP contribution in [0.1, 0.15) is 30.8 Å². The zero-order chi connectivity index (χ0) is 24.0. The van der Waals surface area contributed by atoms with Gasteiger partial charge in [0.1, 0.15) is 10.6 Å². The zero-order valence-corrected chi connectivity index (χ0v) is 20.3. The highest BCUT2D eigenvalue weighted by molar-refractivity contribution is 7.89. The maximum Gasteiger partial charge on any atom is 0.267 e. The Balaban J connectivity index is 1.50. The molecule has 0 unspecified atom stereocenters. The number of nitrogens with zero attached hydrogens (tertiary/aromatic N) is 4. The number of amides is 2. The molecule has 0 spiro atoms. The Bertz CT molecular complexity index is 1060. The fourth-order valence-electron chi connectivity index (χ4n) is 4.00. The molecule has 2 aromatic rings. The topological polar surface area (TPSA) is 95.0 Å². The fraction of sp³-hybridized carbons (Fsp3) is 0.478. The quantitative estimate of drug-likeness (QED) is 0.594. The molecule has 0 atom stereocenters. The van der Waals surface area contributed by atoms with Crippen molar-refractivity contribution in [3.05, 3.63) is 48.3 Å². The molecule has 1 N–H and O–H groups in total.